The van der Waals surface area contributed by atoms with Gasteiger partial charge in [0.1, 0.15) is 5.25 Å². The van der Waals surface area contributed by atoms with E-state index >= 15 is 0 Å². The highest BCUT2D eigenvalue weighted by molar-refractivity contribution is 8.00. The molecule has 1 aromatic rings. The summed E-state index contributed by atoms with van der Waals surface area (Å²) in [5.74, 6) is -4.44. The number of thioether (sulfide) groups is 1. The van der Waals surface area contributed by atoms with E-state index in [-0.39, 0.29) is 0 Å². The second-order valence-electron chi connectivity index (χ2n) is 3.63. The molecule has 0 bridgehead atoms. The maximum absolute atomic E-state index is 12.3. The Labute approximate surface area is 113 Å². The molecule has 0 aromatic heterocycles. The van der Waals surface area contributed by atoms with E-state index in [1.807, 2.05) is 0 Å². The minimum atomic E-state index is -4.60. The van der Waals surface area contributed by atoms with Gasteiger partial charge in [0, 0.05) is 4.90 Å². The fourth-order valence-electron chi connectivity index (χ4n) is 1.28. The van der Waals surface area contributed by atoms with Gasteiger partial charge in [-0.1, -0.05) is 6.92 Å². The summed E-state index contributed by atoms with van der Waals surface area (Å²) in [4.78, 5) is 10.9. The van der Waals surface area contributed by atoms with E-state index in [0.717, 1.165) is 23.9 Å². The highest BCUT2D eigenvalue weighted by atomic mass is 32.2. The molecule has 0 radical (unpaired) electrons. The van der Waals surface area contributed by atoms with Gasteiger partial charge < -0.3 is 5.11 Å². The van der Waals surface area contributed by atoms with Crippen LogP contribution in [0.1, 0.15) is 13.3 Å². The lowest BCUT2D eigenvalue weighted by atomic mass is 10.3. The molecule has 0 spiro atoms. The molecule has 0 aliphatic carbocycles. The van der Waals surface area contributed by atoms with Crippen LogP contribution >= 0.6 is 11.8 Å². The van der Waals surface area contributed by atoms with Crippen LogP contribution < -0.4 is 0 Å². The van der Waals surface area contributed by atoms with Crippen molar-refractivity contribution >= 4 is 27.6 Å². The maximum atomic E-state index is 12.3. The Morgan fingerprint density at radius 2 is 1.84 bits per heavy atom. The van der Waals surface area contributed by atoms with Gasteiger partial charge in [0.2, 0.25) is 9.84 Å². The normalized spacial score (nSPS) is 13.5. The van der Waals surface area contributed by atoms with Gasteiger partial charge in [-0.25, -0.2) is 8.42 Å². The number of rotatable bonds is 6. The van der Waals surface area contributed by atoms with Gasteiger partial charge in [-0.15, -0.1) is 11.8 Å². The first kappa shape index (κ1) is 15.9. The van der Waals surface area contributed by atoms with Gasteiger partial charge in [-0.3, -0.25) is 4.79 Å². The van der Waals surface area contributed by atoms with E-state index in [0.29, 0.717) is 11.3 Å². The molecule has 19 heavy (non-hydrogen) atoms. The molecule has 1 aromatic carbocycles. The summed E-state index contributed by atoms with van der Waals surface area (Å²) in [5, 5.41) is 8.22. The van der Waals surface area contributed by atoms with Crippen LogP contribution in [0.2, 0.25) is 0 Å². The molecule has 106 valence electrons. The molecular weight excluding hydrogens is 298 g/mol. The van der Waals surface area contributed by atoms with Crippen molar-refractivity contribution in [3.63, 3.8) is 0 Å². The minimum absolute atomic E-state index is 0.400. The van der Waals surface area contributed by atoms with Crippen molar-refractivity contribution in [1.29, 1.82) is 0 Å². The molecule has 0 saturated heterocycles. The van der Waals surface area contributed by atoms with Crippen molar-refractivity contribution in [3.8, 4) is 0 Å². The Kier molecular flexibility index (Phi) is 5.30. The summed E-state index contributed by atoms with van der Waals surface area (Å²) in [6.07, 6.45) is 0.400. The average Bonchev–Trinajstić information content (AvgIpc) is 2.35. The summed E-state index contributed by atoms with van der Waals surface area (Å²) in [6.45, 7) is 1.71. The highest BCUT2D eigenvalue weighted by Crippen LogP contribution is 2.27. The zero-order valence-electron chi connectivity index (χ0n) is 9.92. The topological polar surface area (TPSA) is 71.4 Å². The lowest BCUT2D eigenvalue weighted by Gasteiger charge is -2.09. The summed E-state index contributed by atoms with van der Waals surface area (Å²) >= 11 is 1.04. The molecular formula is C11H12F2O4S2. The van der Waals surface area contributed by atoms with Gasteiger partial charge in [0.05, 0.1) is 4.90 Å². The predicted octanol–water partition coefficient (Wildman–Crippen LogP) is 2.64. The maximum Gasteiger partial charge on any atom is 0.341 e. The SMILES string of the molecule is CCC(Sc1ccc(S(=O)(=O)C(F)F)cc1)C(=O)O. The van der Waals surface area contributed by atoms with Crippen LogP contribution in [-0.2, 0) is 14.6 Å². The lowest BCUT2D eigenvalue weighted by Crippen LogP contribution is -2.14. The van der Waals surface area contributed by atoms with Crippen molar-refractivity contribution in [2.45, 2.75) is 34.1 Å². The number of sulfone groups is 1. The van der Waals surface area contributed by atoms with E-state index in [4.69, 9.17) is 5.11 Å². The predicted molar refractivity (Wildman–Crippen MR) is 67.2 cm³/mol. The molecule has 0 aliphatic rings. The fraction of sp³-hybridized carbons (Fsp3) is 0.364. The van der Waals surface area contributed by atoms with Gasteiger partial charge in [0.25, 0.3) is 0 Å². The standard InChI is InChI=1S/C11H12F2O4S2/c1-2-9(10(14)15)18-7-3-5-8(6-4-7)19(16,17)11(12)13/h3-6,9,11H,2H2,1H3,(H,14,15). The number of carbonyl (C=O) groups is 1. The molecule has 1 rings (SSSR count). The van der Waals surface area contributed by atoms with Gasteiger partial charge in [-0.05, 0) is 30.7 Å². The smallest absolute Gasteiger partial charge is 0.341 e. The number of hydrogen-bond donors (Lipinski definition) is 1. The number of halogens is 2. The number of benzene rings is 1. The van der Waals surface area contributed by atoms with Crippen LogP contribution in [0.15, 0.2) is 34.1 Å². The Morgan fingerprint density at radius 1 is 1.32 bits per heavy atom. The van der Waals surface area contributed by atoms with E-state index in [1.54, 1.807) is 6.92 Å². The molecule has 8 heteroatoms. The van der Waals surface area contributed by atoms with Crippen LogP contribution in [0.4, 0.5) is 8.78 Å². The third-order valence-electron chi connectivity index (χ3n) is 2.31. The molecule has 0 heterocycles. The Bertz CT molecular complexity index is 540. The monoisotopic (exact) mass is 310 g/mol. The molecule has 0 saturated carbocycles. The zero-order valence-corrected chi connectivity index (χ0v) is 11.5. The molecule has 1 N–H and O–H groups in total. The van der Waals surface area contributed by atoms with Crippen molar-refractivity contribution in [2.75, 3.05) is 0 Å². The zero-order chi connectivity index (χ0) is 14.6. The summed E-state index contributed by atoms with van der Waals surface area (Å²) in [5.41, 5.74) is 0. The summed E-state index contributed by atoms with van der Waals surface area (Å²) in [6, 6.07) is 4.76. The van der Waals surface area contributed by atoms with Crippen LogP contribution in [0.3, 0.4) is 0 Å². The number of carboxylic acid groups (broad SMARTS) is 1. The van der Waals surface area contributed by atoms with Crippen molar-refractivity contribution in [1.82, 2.24) is 0 Å². The first-order valence-corrected chi connectivity index (χ1v) is 7.73. The first-order chi connectivity index (χ1) is 8.78. The molecule has 0 amide bonds. The van der Waals surface area contributed by atoms with Gasteiger partial charge in [-0.2, -0.15) is 8.78 Å². The van der Waals surface area contributed by atoms with E-state index in [1.165, 1.54) is 12.1 Å². The minimum Gasteiger partial charge on any atom is -0.480 e. The Balaban J connectivity index is 2.92. The first-order valence-electron chi connectivity index (χ1n) is 5.30. The van der Waals surface area contributed by atoms with Crippen molar-refractivity contribution in [2.24, 2.45) is 0 Å². The Morgan fingerprint density at radius 3 is 2.21 bits per heavy atom. The largest absolute Gasteiger partial charge is 0.480 e. The summed E-state index contributed by atoms with van der Waals surface area (Å²) < 4.78 is 47.0. The van der Waals surface area contributed by atoms with Gasteiger partial charge >= 0.3 is 11.7 Å². The molecule has 1 atom stereocenters. The van der Waals surface area contributed by atoms with E-state index < -0.39 is 31.7 Å². The van der Waals surface area contributed by atoms with Crippen LogP contribution in [-0.4, -0.2) is 30.5 Å². The molecule has 4 nitrogen and oxygen atoms in total. The third kappa shape index (κ3) is 3.90. The molecule has 1 unspecified atom stereocenters. The van der Waals surface area contributed by atoms with Crippen molar-refractivity contribution in [3.05, 3.63) is 24.3 Å². The highest BCUT2D eigenvalue weighted by Gasteiger charge is 2.26. The number of hydrogen-bond acceptors (Lipinski definition) is 4. The number of aliphatic carboxylic acids is 1. The Hall–Kier alpha value is -1.15. The molecule has 0 aliphatic heterocycles. The number of alkyl halides is 2. The van der Waals surface area contributed by atoms with Crippen LogP contribution in [0.5, 0.6) is 0 Å². The lowest BCUT2D eigenvalue weighted by molar-refractivity contribution is -0.136. The second-order valence-corrected chi connectivity index (χ2v) is 6.82. The summed E-state index contributed by atoms with van der Waals surface area (Å²) in [7, 11) is -4.60. The van der Waals surface area contributed by atoms with Crippen LogP contribution in [0.25, 0.3) is 0 Å². The third-order valence-corrected chi connectivity index (χ3v) is 5.07. The van der Waals surface area contributed by atoms with E-state index in [9.17, 15) is 22.0 Å². The van der Waals surface area contributed by atoms with E-state index in [2.05, 4.69) is 0 Å². The van der Waals surface area contributed by atoms with Crippen LogP contribution in [0, 0.1) is 0 Å². The van der Waals surface area contributed by atoms with Crippen molar-refractivity contribution < 1.29 is 27.1 Å². The number of carboxylic acids is 1. The second kappa shape index (κ2) is 6.33. The fourth-order valence-corrected chi connectivity index (χ4v) is 2.89. The average molecular weight is 310 g/mol. The van der Waals surface area contributed by atoms with Gasteiger partial charge in [0.15, 0.2) is 0 Å². The molecule has 0 fully saturated rings. The quantitative estimate of drug-likeness (QED) is 0.818.